The number of ether oxygens (including phenoxy) is 1. The quantitative estimate of drug-likeness (QED) is 0.673. The summed E-state index contributed by atoms with van der Waals surface area (Å²) in [5.74, 6) is 0.910. The molecule has 0 N–H and O–H groups in total. The third kappa shape index (κ3) is 1.96. The fourth-order valence-corrected chi connectivity index (χ4v) is 2.90. The molecule has 1 aliphatic heterocycles. The van der Waals surface area contributed by atoms with Crippen molar-refractivity contribution in [3.63, 3.8) is 0 Å². The Morgan fingerprint density at radius 3 is 2.50 bits per heavy atom. The van der Waals surface area contributed by atoms with Gasteiger partial charge in [0.2, 0.25) is 0 Å². The molecule has 2 rings (SSSR count). The van der Waals surface area contributed by atoms with Crippen LogP contribution in [-0.4, -0.2) is 36.2 Å². The summed E-state index contributed by atoms with van der Waals surface area (Å²) >= 11 is 0. The van der Waals surface area contributed by atoms with Crippen LogP contribution in [0, 0.1) is 5.92 Å². The predicted molar refractivity (Wildman–Crippen MR) is 58.4 cm³/mol. The molecule has 82 valence electrons. The molecule has 0 amide bonds. The van der Waals surface area contributed by atoms with Crippen molar-refractivity contribution in [2.24, 2.45) is 5.92 Å². The third-order valence-electron chi connectivity index (χ3n) is 3.78. The van der Waals surface area contributed by atoms with Crippen molar-refractivity contribution in [1.82, 2.24) is 4.90 Å². The van der Waals surface area contributed by atoms with Gasteiger partial charge in [-0.3, -0.25) is 4.90 Å². The van der Waals surface area contributed by atoms with Gasteiger partial charge in [-0.1, -0.05) is 0 Å². The molecule has 0 radical (unpaired) electrons. The summed E-state index contributed by atoms with van der Waals surface area (Å²) < 4.78 is 5.89. The molecule has 2 aliphatic rings. The summed E-state index contributed by atoms with van der Waals surface area (Å²) in [5.41, 5.74) is 0.0165. The van der Waals surface area contributed by atoms with E-state index in [2.05, 4.69) is 32.7 Å². The molecule has 0 spiro atoms. The maximum absolute atomic E-state index is 5.89. The molecule has 3 atom stereocenters. The van der Waals surface area contributed by atoms with Crippen molar-refractivity contribution in [2.45, 2.75) is 57.7 Å². The van der Waals surface area contributed by atoms with Gasteiger partial charge in [-0.25, -0.2) is 0 Å². The van der Waals surface area contributed by atoms with Crippen molar-refractivity contribution in [3.8, 4) is 0 Å². The van der Waals surface area contributed by atoms with Gasteiger partial charge < -0.3 is 4.74 Å². The second kappa shape index (κ2) is 3.49. The number of rotatable bonds is 2. The average Bonchev–Trinajstić information content (AvgIpc) is 2.60. The first-order valence-corrected chi connectivity index (χ1v) is 5.83. The summed E-state index contributed by atoms with van der Waals surface area (Å²) in [6, 6.07) is 1.54. The molecule has 2 unspecified atom stereocenters. The summed E-state index contributed by atoms with van der Waals surface area (Å²) in [7, 11) is 2.26. The van der Waals surface area contributed by atoms with Crippen LogP contribution in [0.3, 0.4) is 0 Å². The van der Waals surface area contributed by atoms with Crippen LogP contribution < -0.4 is 0 Å². The maximum atomic E-state index is 5.89. The van der Waals surface area contributed by atoms with Crippen LogP contribution in [0.1, 0.15) is 40.0 Å². The molecular weight excluding hydrogens is 174 g/mol. The summed E-state index contributed by atoms with van der Waals surface area (Å²) in [5, 5.41) is 0. The highest BCUT2D eigenvalue weighted by Crippen LogP contribution is 2.41. The van der Waals surface area contributed by atoms with Crippen LogP contribution in [0.5, 0.6) is 0 Å². The Balaban J connectivity index is 1.87. The Hall–Kier alpha value is -0.0800. The number of nitrogens with zero attached hydrogens (tertiary/aromatic N) is 1. The fraction of sp³-hybridized carbons (Fsp3) is 1.00. The molecule has 0 aromatic heterocycles. The van der Waals surface area contributed by atoms with Gasteiger partial charge in [0.15, 0.2) is 0 Å². The fourth-order valence-electron chi connectivity index (χ4n) is 2.90. The zero-order valence-corrected chi connectivity index (χ0v) is 9.92. The smallest absolute Gasteiger partial charge is 0.0631 e. The van der Waals surface area contributed by atoms with Crippen molar-refractivity contribution in [2.75, 3.05) is 13.7 Å². The average molecular weight is 197 g/mol. The number of fused-ring (bicyclic) bond motifs is 2. The summed E-state index contributed by atoms with van der Waals surface area (Å²) in [6.07, 6.45) is 4.25. The lowest BCUT2D eigenvalue weighted by molar-refractivity contribution is -0.0398. The minimum atomic E-state index is 0.0165. The molecule has 1 heterocycles. The van der Waals surface area contributed by atoms with Gasteiger partial charge in [-0.15, -0.1) is 0 Å². The van der Waals surface area contributed by atoms with Crippen molar-refractivity contribution in [1.29, 1.82) is 0 Å². The van der Waals surface area contributed by atoms with Gasteiger partial charge in [0, 0.05) is 12.1 Å². The third-order valence-corrected chi connectivity index (χ3v) is 3.78. The number of piperidine rings is 1. The standard InChI is InChI=1S/C12H23NO/c1-12(2,3)14-8-11-9-5-6-10(7-9)13(11)4/h9-11H,5-8H2,1-4H3/t9-,10?,11?/m1/s1. The molecule has 2 nitrogen and oxygen atoms in total. The molecule has 1 aliphatic carbocycles. The van der Waals surface area contributed by atoms with Crippen LogP contribution in [-0.2, 0) is 4.74 Å². The van der Waals surface area contributed by atoms with Gasteiger partial charge >= 0.3 is 0 Å². The molecule has 0 aromatic rings. The zero-order valence-electron chi connectivity index (χ0n) is 9.92. The highest BCUT2D eigenvalue weighted by atomic mass is 16.5. The molecule has 2 fully saturated rings. The van der Waals surface area contributed by atoms with Gasteiger partial charge in [-0.05, 0) is 53.0 Å². The summed E-state index contributed by atoms with van der Waals surface area (Å²) in [4.78, 5) is 2.54. The summed E-state index contributed by atoms with van der Waals surface area (Å²) in [6.45, 7) is 7.34. The monoisotopic (exact) mass is 197 g/mol. The topological polar surface area (TPSA) is 12.5 Å². The van der Waals surface area contributed by atoms with E-state index in [0.717, 1.165) is 18.6 Å². The van der Waals surface area contributed by atoms with Crippen molar-refractivity contribution < 1.29 is 4.74 Å². The SMILES string of the molecule is CN1C2CC[C@H](C2)C1COC(C)(C)C. The number of likely N-dealkylation sites (tertiary alicyclic amines) is 1. The predicted octanol–water partition coefficient (Wildman–Crippen LogP) is 2.28. The van der Waals surface area contributed by atoms with Crippen LogP contribution in [0.2, 0.25) is 0 Å². The van der Waals surface area contributed by atoms with Gasteiger partial charge in [0.05, 0.1) is 12.2 Å². The van der Waals surface area contributed by atoms with Crippen molar-refractivity contribution in [3.05, 3.63) is 0 Å². The number of hydrogen-bond acceptors (Lipinski definition) is 2. The largest absolute Gasteiger partial charge is 0.374 e. The first-order chi connectivity index (χ1) is 6.47. The Morgan fingerprint density at radius 2 is 2.00 bits per heavy atom. The zero-order chi connectivity index (χ0) is 10.3. The molecule has 1 saturated carbocycles. The van der Waals surface area contributed by atoms with E-state index in [4.69, 9.17) is 4.74 Å². The van der Waals surface area contributed by atoms with Crippen molar-refractivity contribution >= 4 is 0 Å². The van der Waals surface area contributed by atoms with Gasteiger partial charge in [0.25, 0.3) is 0 Å². The van der Waals surface area contributed by atoms with Crippen LogP contribution >= 0.6 is 0 Å². The van der Waals surface area contributed by atoms with E-state index in [-0.39, 0.29) is 5.60 Å². The second-order valence-electron chi connectivity index (χ2n) is 5.88. The van der Waals surface area contributed by atoms with E-state index in [1.54, 1.807) is 0 Å². The first kappa shape index (κ1) is 10.4. The van der Waals surface area contributed by atoms with E-state index in [0.29, 0.717) is 6.04 Å². The maximum Gasteiger partial charge on any atom is 0.0631 e. The molecule has 14 heavy (non-hydrogen) atoms. The Kier molecular flexibility index (Phi) is 2.61. The van der Waals surface area contributed by atoms with E-state index in [9.17, 15) is 0 Å². The minimum Gasteiger partial charge on any atom is -0.374 e. The van der Waals surface area contributed by atoms with E-state index in [1.807, 2.05) is 0 Å². The van der Waals surface area contributed by atoms with Crippen LogP contribution in [0.4, 0.5) is 0 Å². The lowest BCUT2D eigenvalue weighted by atomic mass is 9.99. The number of likely N-dealkylation sites (N-methyl/N-ethyl adjacent to an activating group) is 1. The van der Waals surface area contributed by atoms with Crippen LogP contribution in [0.25, 0.3) is 0 Å². The Morgan fingerprint density at radius 1 is 1.29 bits per heavy atom. The highest BCUT2D eigenvalue weighted by Gasteiger charge is 2.43. The van der Waals surface area contributed by atoms with Gasteiger partial charge in [0.1, 0.15) is 0 Å². The van der Waals surface area contributed by atoms with Gasteiger partial charge in [-0.2, -0.15) is 0 Å². The normalized spacial score (nSPS) is 38.1. The Labute approximate surface area is 87.6 Å². The lowest BCUT2D eigenvalue weighted by Crippen LogP contribution is -2.42. The molecule has 1 saturated heterocycles. The van der Waals surface area contributed by atoms with Crippen LogP contribution in [0.15, 0.2) is 0 Å². The molecule has 0 aromatic carbocycles. The highest BCUT2D eigenvalue weighted by molar-refractivity contribution is 4.98. The number of hydrogen-bond donors (Lipinski definition) is 0. The van der Waals surface area contributed by atoms with E-state index >= 15 is 0 Å². The second-order valence-corrected chi connectivity index (χ2v) is 5.88. The first-order valence-electron chi connectivity index (χ1n) is 5.83. The lowest BCUT2D eigenvalue weighted by Gasteiger charge is -2.33. The van der Waals surface area contributed by atoms with E-state index < -0.39 is 0 Å². The minimum absolute atomic E-state index is 0.0165. The Bertz CT molecular complexity index is 207. The molecule has 2 bridgehead atoms. The molecule has 2 heteroatoms. The molecular formula is C12H23NO. The van der Waals surface area contributed by atoms with E-state index in [1.165, 1.54) is 19.3 Å².